The highest BCUT2D eigenvalue weighted by Gasteiger charge is 2.19. The molecular formula is C13H20Cl2N2O. The number of carbonyl (C=O) groups is 1. The fourth-order valence-corrected chi connectivity index (χ4v) is 1.54. The summed E-state index contributed by atoms with van der Waals surface area (Å²) in [5.74, 6) is -0.216. The van der Waals surface area contributed by atoms with E-state index in [1.54, 1.807) is 0 Å². The summed E-state index contributed by atoms with van der Waals surface area (Å²) >= 11 is 5.81. The van der Waals surface area contributed by atoms with Gasteiger partial charge in [0.05, 0.1) is 6.04 Å². The van der Waals surface area contributed by atoms with Gasteiger partial charge < -0.3 is 11.1 Å². The van der Waals surface area contributed by atoms with Crippen molar-refractivity contribution in [3.8, 4) is 0 Å². The zero-order valence-corrected chi connectivity index (χ0v) is 12.4. The first kappa shape index (κ1) is 17.2. The molecule has 0 radical (unpaired) electrons. The molecule has 3 N–H and O–H groups in total. The van der Waals surface area contributed by atoms with E-state index in [0.29, 0.717) is 5.02 Å². The molecule has 5 heteroatoms. The fourth-order valence-electron chi connectivity index (χ4n) is 1.42. The van der Waals surface area contributed by atoms with E-state index in [0.717, 1.165) is 5.56 Å². The number of nitrogens with one attached hydrogen (secondary N) is 1. The number of rotatable bonds is 4. The second-order valence-corrected chi connectivity index (χ2v) is 4.87. The molecule has 0 aromatic heterocycles. The van der Waals surface area contributed by atoms with Crippen LogP contribution in [0.5, 0.6) is 0 Å². The SMILES string of the molecule is CC(NC(=O)C(C)C(C)N)c1ccc(Cl)cc1.Cl. The van der Waals surface area contributed by atoms with Gasteiger partial charge in [0, 0.05) is 17.0 Å². The van der Waals surface area contributed by atoms with Crippen LogP contribution in [-0.2, 0) is 4.79 Å². The Labute approximate surface area is 119 Å². The van der Waals surface area contributed by atoms with Crippen molar-refractivity contribution in [2.75, 3.05) is 0 Å². The highest BCUT2D eigenvalue weighted by atomic mass is 35.5. The van der Waals surface area contributed by atoms with E-state index in [9.17, 15) is 4.79 Å². The molecule has 0 aliphatic rings. The van der Waals surface area contributed by atoms with Crippen molar-refractivity contribution >= 4 is 29.9 Å². The zero-order chi connectivity index (χ0) is 13.0. The Hall–Kier alpha value is -0.770. The van der Waals surface area contributed by atoms with E-state index < -0.39 is 0 Å². The van der Waals surface area contributed by atoms with Crippen molar-refractivity contribution in [1.29, 1.82) is 0 Å². The Morgan fingerprint density at radius 1 is 1.22 bits per heavy atom. The lowest BCUT2D eigenvalue weighted by atomic mass is 10.0. The summed E-state index contributed by atoms with van der Waals surface area (Å²) in [6.07, 6.45) is 0. The van der Waals surface area contributed by atoms with Gasteiger partial charge in [0.1, 0.15) is 0 Å². The van der Waals surface area contributed by atoms with E-state index in [1.165, 1.54) is 0 Å². The average Bonchev–Trinajstić information content (AvgIpc) is 2.28. The van der Waals surface area contributed by atoms with Crippen LogP contribution in [0.4, 0.5) is 0 Å². The first-order chi connectivity index (χ1) is 7.91. The Morgan fingerprint density at radius 2 is 1.72 bits per heavy atom. The molecule has 1 rings (SSSR count). The van der Waals surface area contributed by atoms with Crippen molar-refractivity contribution in [3.63, 3.8) is 0 Å². The molecule has 1 aromatic rings. The predicted octanol–water partition coefficient (Wildman–Crippen LogP) is 2.92. The lowest BCUT2D eigenvalue weighted by Crippen LogP contribution is -2.39. The summed E-state index contributed by atoms with van der Waals surface area (Å²) in [5, 5.41) is 3.63. The maximum Gasteiger partial charge on any atom is 0.224 e. The van der Waals surface area contributed by atoms with Crippen LogP contribution in [0.15, 0.2) is 24.3 Å². The number of carbonyl (C=O) groups excluding carboxylic acids is 1. The summed E-state index contributed by atoms with van der Waals surface area (Å²) in [6.45, 7) is 5.60. The minimum Gasteiger partial charge on any atom is -0.349 e. The monoisotopic (exact) mass is 290 g/mol. The van der Waals surface area contributed by atoms with Gasteiger partial charge in [-0.05, 0) is 31.5 Å². The Balaban J connectivity index is 0.00000289. The first-order valence-corrected chi connectivity index (χ1v) is 6.11. The molecule has 0 bridgehead atoms. The largest absolute Gasteiger partial charge is 0.349 e. The molecule has 0 saturated heterocycles. The van der Waals surface area contributed by atoms with E-state index >= 15 is 0 Å². The lowest BCUT2D eigenvalue weighted by Gasteiger charge is -2.20. The van der Waals surface area contributed by atoms with Crippen LogP contribution >= 0.6 is 24.0 Å². The number of benzene rings is 1. The zero-order valence-electron chi connectivity index (χ0n) is 10.8. The van der Waals surface area contributed by atoms with Crippen LogP contribution in [-0.4, -0.2) is 11.9 Å². The Morgan fingerprint density at radius 3 is 2.17 bits per heavy atom. The van der Waals surface area contributed by atoms with Gasteiger partial charge in [0.15, 0.2) is 0 Å². The van der Waals surface area contributed by atoms with Gasteiger partial charge in [0.25, 0.3) is 0 Å². The lowest BCUT2D eigenvalue weighted by molar-refractivity contribution is -0.125. The molecule has 0 aliphatic carbocycles. The van der Waals surface area contributed by atoms with E-state index in [-0.39, 0.29) is 36.3 Å². The first-order valence-electron chi connectivity index (χ1n) is 5.73. The number of halogens is 2. The third kappa shape index (κ3) is 4.84. The highest BCUT2D eigenvalue weighted by molar-refractivity contribution is 6.30. The molecule has 3 unspecified atom stereocenters. The quantitative estimate of drug-likeness (QED) is 0.896. The molecule has 1 aromatic carbocycles. The standard InChI is InChI=1S/C13H19ClN2O.ClH/c1-8(9(2)15)13(17)16-10(3)11-4-6-12(14)7-5-11;/h4-10H,15H2,1-3H3,(H,16,17);1H. The average molecular weight is 291 g/mol. The third-order valence-electron chi connectivity index (χ3n) is 2.93. The van der Waals surface area contributed by atoms with Crippen molar-refractivity contribution in [3.05, 3.63) is 34.9 Å². The van der Waals surface area contributed by atoms with Crippen LogP contribution in [0, 0.1) is 5.92 Å². The van der Waals surface area contributed by atoms with Crippen molar-refractivity contribution in [1.82, 2.24) is 5.32 Å². The summed E-state index contributed by atoms with van der Waals surface area (Å²) in [5.41, 5.74) is 6.72. The van der Waals surface area contributed by atoms with Crippen LogP contribution in [0.1, 0.15) is 32.4 Å². The summed E-state index contributed by atoms with van der Waals surface area (Å²) in [4.78, 5) is 11.8. The maximum atomic E-state index is 11.8. The number of amides is 1. The molecule has 0 saturated carbocycles. The van der Waals surface area contributed by atoms with Crippen molar-refractivity contribution < 1.29 is 4.79 Å². The van der Waals surface area contributed by atoms with Gasteiger partial charge in [-0.1, -0.05) is 30.7 Å². The minimum atomic E-state index is -0.190. The van der Waals surface area contributed by atoms with Gasteiger partial charge in [-0.25, -0.2) is 0 Å². The summed E-state index contributed by atoms with van der Waals surface area (Å²) in [7, 11) is 0. The number of hydrogen-bond donors (Lipinski definition) is 2. The highest BCUT2D eigenvalue weighted by Crippen LogP contribution is 2.16. The second-order valence-electron chi connectivity index (χ2n) is 4.43. The van der Waals surface area contributed by atoms with E-state index in [4.69, 9.17) is 17.3 Å². The Bertz CT molecular complexity index is 379. The fraction of sp³-hybridized carbons (Fsp3) is 0.462. The van der Waals surface area contributed by atoms with Crippen molar-refractivity contribution in [2.24, 2.45) is 11.7 Å². The molecule has 3 atom stereocenters. The van der Waals surface area contributed by atoms with Gasteiger partial charge in [-0.3, -0.25) is 4.79 Å². The maximum absolute atomic E-state index is 11.8. The number of nitrogens with two attached hydrogens (primary N) is 1. The minimum absolute atomic E-state index is 0. The van der Waals surface area contributed by atoms with Crippen molar-refractivity contribution in [2.45, 2.75) is 32.9 Å². The number of hydrogen-bond acceptors (Lipinski definition) is 2. The third-order valence-corrected chi connectivity index (χ3v) is 3.18. The van der Waals surface area contributed by atoms with Gasteiger partial charge in [-0.2, -0.15) is 0 Å². The van der Waals surface area contributed by atoms with E-state index in [2.05, 4.69) is 5.32 Å². The Kier molecular flexibility index (Phi) is 7.29. The molecular weight excluding hydrogens is 271 g/mol. The second kappa shape index (κ2) is 7.62. The normalized spacial score (nSPS) is 15.2. The molecule has 0 spiro atoms. The molecule has 3 nitrogen and oxygen atoms in total. The molecule has 0 heterocycles. The molecule has 1 amide bonds. The summed E-state index contributed by atoms with van der Waals surface area (Å²) < 4.78 is 0. The van der Waals surface area contributed by atoms with E-state index in [1.807, 2.05) is 45.0 Å². The van der Waals surface area contributed by atoms with Crippen LogP contribution in [0.2, 0.25) is 5.02 Å². The molecule has 0 fully saturated rings. The smallest absolute Gasteiger partial charge is 0.224 e. The van der Waals surface area contributed by atoms with Crippen LogP contribution < -0.4 is 11.1 Å². The topological polar surface area (TPSA) is 55.1 Å². The molecule has 0 aliphatic heterocycles. The van der Waals surface area contributed by atoms with Gasteiger partial charge in [0.2, 0.25) is 5.91 Å². The molecule has 102 valence electrons. The summed E-state index contributed by atoms with van der Waals surface area (Å²) in [6, 6.07) is 7.25. The van der Waals surface area contributed by atoms with Crippen LogP contribution in [0.3, 0.4) is 0 Å². The van der Waals surface area contributed by atoms with Gasteiger partial charge >= 0.3 is 0 Å². The molecule has 18 heavy (non-hydrogen) atoms. The van der Waals surface area contributed by atoms with Gasteiger partial charge in [-0.15, -0.1) is 12.4 Å². The van der Waals surface area contributed by atoms with Crippen LogP contribution in [0.25, 0.3) is 0 Å². The predicted molar refractivity (Wildman–Crippen MR) is 78.1 cm³/mol.